The lowest BCUT2D eigenvalue weighted by atomic mass is 9.89. The van der Waals surface area contributed by atoms with Crippen LogP contribution in [0.5, 0.6) is 5.75 Å². The zero-order valence-corrected chi connectivity index (χ0v) is 20.1. The van der Waals surface area contributed by atoms with Crippen LogP contribution in [-0.4, -0.2) is 56.9 Å². The number of hydrogen-bond acceptors (Lipinski definition) is 6. The normalized spacial score (nSPS) is 18.1. The Balaban J connectivity index is 1.44. The Morgan fingerprint density at radius 1 is 1.15 bits per heavy atom. The highest BCUT2D eigenvalue weighted by Gasteiger charge is 2.29. The summed E-state index contributed by atoms with van der Waals surface area (Å²) in [5, 5.41) is 20.8. The molecule has 0 radical (unpaired) electrons. The smallest absolute Gasteiger partial charge is 0.311 e. The molecular weight excluding hydrogens is 432 g/mol. The summed E-state index contributed by atoms with van der Waals surface area (Å²) in [6, 6.07) is 8.75. The second kappa shape index (κ2) is 10.5. The van der Waals surface area contributed by atoms with Gasteiger partial charge in [0.1, 0.15) is 0 Å². The number of piperidine rings is 1. The van der Waals surface area contributed by atoms with E-state index in [1.807, 2.05) is 31.0 Å². The molecule has 1 amide bonds. The molecule has 34 heavy (non-hydrogen) atoms. The van der Waals surface area contributed by atoms with E-state index in [1.54, 1.807) is 6.07 Å². The first-order valence-electron chi connectivity index (χ1n) is 12.3. The number of carbonyl (C=O) groups is 1. The van der Waals surface area contributed by atoms with Gasteiger partial charge in [-0.05, 0) is 69.5 Å². The maximum absolute atomic E-state index is 13.4. The average Bonchev–Trinajstić information content (AvgIpc) is 2.85. The van der Waals surface area contributed by atoms with Crippen LogP contribution in [0.4, 0.5) is 5.69 Å². The summed E-state index contributed by atoms with van der Waals surface area (Å²) in [7, 11) is 1.93. The van der Waals surface area contributed by atoms with Crippen molar-refractivity contribution in [3.05, 3.63) is 63.0 Å². The van der Waals surface area contributed by atoms with E-state index in [1.165, 1.54) is 31.4 Å². The highest BCUT2D eigenvalue weighted by atomic mass is 16.6. The minimum Gasteiger partial charge on any atom is -0.502 e. The van der Waals surface area contributed by atoms with Crippen molar-refractivity contribution in [1.29, 1.82) is 0 Å². The molecule has 2 heterocycles. The van der Waals surface area contributed by atoms with Gasteiger partial charge in [-0.15, -0.1) is 0 Å². The minimum atomic E-state index is -0.558. The van der Waals surface area contributed by atoms with Crippen LogP contribution in [0, 0.1) is 17.0 Å². The summed E-state index contributed by atoms with van der Waals surface area (Å²) < 4.78 is 0. The number of benzene rings is 1. The molecule has 2 aliphatic rings. The van der Waals surface area contributed by atoms with Crippen LogP contribution in [-0.2, 0) is 6.54 Å². The third kappa shape index (κ3) is 5.38. The first-order valence-corrected chi connectivity index (χ1v) is 12.3. The van der Waals surface area contributed by atoms with Gasteiger partial charge in [-0.2, -0.15) is 0 Å². The Morgan fingerprint density at radius 3 is 2.53 bits per heavy atom. The molecule has 4 rings (SSSR count). The van der Waals surface area contributed by atoms with Crippen molar-refractivity contribution in [2.45, 2.75) is 70.4 Å². The van der Waals surface area contributed by atoms with Crippen molar-refractivity contribution in [3.63, 3.8) is 0 Å². The predicted molar refractivity (Wildman–Crippen MR) is 130 cm³/mol. The first kappa shape index (κ1) is 24.1. The zero-order valence-electron chi connectivity index (χ0n) is 20.1. The highest BCUT2D eigenvalue weighted by molar-refractivity contribution is 5.95. The van der Waals surface area contributed by atoms with E-state index >= 15 is 0 Å². The quantitative estimate of drug-likeness (QED) is 0.485. The summed E-state index contributed by atoms with van der Waals surface area (Å²) >= 11 is 0. The number of phenolic OH excluding ortho intramolecular Hbond substituents is 1. The van der Waals surface area contributed by atoms with Crippen LogP contribution in [0.1, 0.15) is 78.2 Å². The van der Waals surface area contributed by atoms with Gasteiger partial charge in [-0.25, -0.2) is 0 Å². The molecule has 8 nitrogen and oxygen atoms in total. The van der Waals surface area contributed by atoms with Gasteiger partial charge in [-0.1, -0.05) is 25.3 Å². The number of aromatic nitrogens is 1. The van der Waals surface area contributed by atoms with E-state index in [9.17, 15) is 20.0 Å². The van der Waals surface area contributed by atoms with E-state index in [-0.39, 0.29) is 23.3 Å². The summed E-state index contributed by atoms with van der Waals surface area (Å²) in [6.45, 7) is 4.20. The van der Waals surface area contributed by atoms with Gasteiger partial charge in [0.05, 0.1) is 16.2 Å². The summed E-state index contributed by atoms with van der Waals surface area (Å²) in [6.07, 6.45) is 7.53. The lowest BCUT2D eigenvalue weighted by Crippen LogP contribution is -2.39. The van der Waals surface area contributed by atoms with Crippen LogP contribution in [0.2, 0.25) is 0 Å². The van der Waals surface area contributed by atoms with Crippen molar-refractivity contribution in [1.82, 2.24) is 14.8 Å². The summed E-state index contributed by atoms with van der Waals surface area (Å²) in [5.74, 6) is -0.0226. The standard InChI is InChI=1S/C26H34N4O4/c1-18-8-10-22(26(32)28(2)21-6-4-3-5-7-21)25(27-18)20-12-14-29(15-13-20)17-19-9-11-24(31)23(16-19)30(33)34/h8-11,16,20-21,31H,3-7,12-15,17H2,1-2H3. The number of hydrogen-bond donors (Lipinski definition) is 1. The Morgan fingerprint density at radius 2 is 1.85 bits per heavy atom. The molecule has 0 unspecified atom stereocenters. The molecule has 1 aliphatic heterocycles. The topological polar surface area (TPSA) is 99.8 Å². The van der Waals surface area contributed by atoms with Gasteiger partial charge in [0.25, 0.3) is 5.91 Å². The minimum absolute atomic E-state index is 0.0771. The molecule has 1 aromatic heterocycles. The number of carbonyl (C=O) groups excluding carboxylic acids is 1. The van der Waals surface area contributed by atoms with E-state index in [0.29, 0.717) is 12.6 Å². The van der Waals surface area contributed by atoms with Gasteiger partial charge >= 0.3 is 5.69 Å². The summed E-state index contributed by atoms with van der Waals surface area (Å²) in [4.78, 5) is 33.0. The first-order chi connectivity index (χ1) is 16.3. The highest BCUT2D eigenvalue weighted by Crippen LogP contribution is 2.33. The number of phenols is 1. The van der Waals surface area contributed by atoms with Crippen LogP contribution in [0.15, 0.2) is 30.3 Å². The number of aromatic hydroxyl groups is 1. The number of likely N-dealkylation sites (tertiary alicyclic amines) is 1. The predicted octanol–water partition coefficient (Wildman–Crippen LogP) is 4.79. The molecule has 2 aromatic rings. The van der Waals surface area contributed by atoms with Crippen LogP contribution >= 0.6 is 0 Å². The maximum Gasteiger partial charge on any atom is 0.311 e. The van der Waals surface area contributed by atoms with E-state index < -0.39 is 4.92 Å². The number of aryl methyl sites for hydroxylation is 1. The third-order valence-corrected chi connectivity index (χ3v) is 7.35. The monoisotopic (exact) mass is 466 g/mol. The Labute approximate surface area is 200 Å². The van der Waals surface area contributed by atoms with E-state index in [2.05, 4.69) is 4.90 Å². The van der Waals surface area contributed by atoms with Crippen LogP contribution in [0.25, 0.3) is 0 Å². The van der Waals surface area contributed by atoms with Gasteiger partial charge in [-0.3, -0.25) is 24.8 Å². The van der Waals surface area contributed by atoms with Crippen molar-refractivity contribution in [3.8, 4) is 5.75 Å². The second-order valence-electron chi connectivity index (χ2n) is 9.72. The Kier molecular flexibility index (Phi) is 7.46. The molecule has 0 atom stereocenters. The number of nitro groups is 1. The van der Waals surface area contributed by atoms with E-state index in [0.717, 1.165) is 61.3 Å². The molecule has 1 aromatic carbocycles. The van der Waals surface area contributed by atoms with Crippen molar-refractivity contribution < 1.29 is 14.8 Å². The van der Waals surface area contributed by atoms with Crippen LogP contribution in [0.3, 0.4) is 0 Å². The van der Waals surface area contributed by atoms with Crippen molar-refractivity contribution >= 4 is 11.6 Å². The lowest BCUT2D eigenvalue weighted by molar-refractivity contribution is -0.385. The number of rotatable bonds is 6. The molecule has 0 spiro atoms. The zero-order chi connectivity index (χ0) is 24.2. The molecule has 8 heteroatoms. The number of nitro benzene ring substituents is 1. The third-order valence-electron chi connectivity index (χ3n) is 7.35. The molecule has 182 valence electrons. The van der Waals surface area contributed by atoms with Crippen molar-refractivity contribution in [2.24, 2.45) is 0 Å². The average molecular weight is 467 g/mol. The maximum atomic E-state index is 13.4. The molecular formula is C26H34N4O4. The van der Waals surface area contributed by atoms with Gasteiger partial charge in [0.15, 0.2) is 5.75 Å². The Bertz CT molecular complexity index is 1040. The number of nitrogens with zero attached hydrogens (tertiary/aromatic N) is 4. The second-order valence-corrected chi connectivity index (χ2v) is 9.72. The molecule has 2 fully saturated rings. The van der Waals surface area contributed by atoms with Crippen molar-refractivity contribution in [2.75, 3.05) is 20.1 Å². The fourth-order valence-corrected chi connectivity index (χ4v) is 5.33. The molecule has 0 bridgehead atoms. The Hall–Kier alpha value is -3.00. The SMILES string of the molecule is Cc1ccc(C(=O)N(C)C2CCCCC2)c(C2CCN(Cc3ccc(O)c([N+](=O)[O-])c3)CC2)n1. The van der Waals surface area contributed by atoms with Gasteiger partial charge in [0, 0.05) is 37.3 Å². The molecule has 1 saturated carbocycles. The number of pyridine rings is 1. The number of amides is 1. The van der Waals surface area contributed by atoms with Gasteiger partial charge < -0.3 is 10.0 Å². The lowest BCUT2D eigenvalue weighted by Gasteiger charge is -2.34. The van der Waals surface area contributed by atoms with E-state index in [4.69, 9.17) is 4.98 Å². The molecule has 1 saturated heterocycles. The van der Waals surface area contributed by atoms with Crippen LogP contribution < -0.4 is 0 Å². The van der Waals surface area contributed by atoms with Gasteiger partial charge in [0.2, 0.25) is 0 Å². The molecule has 1 aliphatic carbocycles. The largest absolute Gasteiger partial charge is 0.502 e. The fraction of sp³-hybridized carbons (Fsp3) is 0.538. The fourth-order valence-electron chi connectivity index (χ4n) is 5.33. The molecule has 1 N–H and O–H groups in total. The summed E-state index contributed by atoms with van der Waals surface area (Å²) in [5.41, 5.74) is 3.10.